The summed E-state index contributed by atoms with van der Waals surface area (Å²) < 4.78 is 26.8. The van der Waals surface area contributed by atoms with Gasteiger partial charge in [-0.05, 0) is 82.0 Å². The fourth-order valence-electron chi connectivity index (χ4n) is 4.75. The number of sulfonamides is 1. The van der Waals surface area contributed by atoms with Crippen LogP contribution in [0.2, 0.25) is 10.0 Å². The Bertz CT molecular complexity index is 1520. The van der Waals surface area contributed by atoms with Crippen molar-refractivity contribution in [3.63, 3.8) is 0 Å². The molecule has 3 aromatic carbocycles. The van der Waals surface area contributed by atoms with Gasteiger partial charge in [-0.15, -0.1) is 0 Å². The predicted octanol–water partition coefficient (Wildman–Crippen LogP) is 6.71. The molecule has 0 radical (unpaired) electrons. The SMILES string of the molecule is Cc1ccc(N(CCCC(=O)N(Cc2c(Cl)cccc2Cl)[C@@H](Cc2ccccc2)C(=O)NC(C)(C)C)S(C)(=O)=O)cc1C. The quantitative estimate of drug-likeness (QED) is 0.237. The van der Waals surface area contributed by atoms with E-state index in [4.69, 9.17) is 23.2 Å². The van der Waals surface area contributed by atoms with Crippen LogP contribution in [0.15, 0.2) is 66.7 Å². The fourth-order valence-corrected chi connectivity index (χ4v) is 6.22. The molecule has 0 spiro atoms. The number of nitrogens with zero attached hydrogens (tertiary/aromatic N) is 2. The van der Waals surface area contributed by atoms with E-state index in [0.29, 0.717) is 21.3 Å². The molecule has 7 nitrogen and oxygen atoms in total. The van der Waals surface area contributed by atoms with E-state index in [1.165, 1.54) is 9.21 Å². The number of rotatable bonds is 12. The maximum atomic E-state index is 14.0. The number of carbonyl (C=O) groups is 2. The number of aryl methyl sites for hydroxylation is 2. The lowest BCUT2D eigenvalue weighted by Crippen LogP contribution is -2.54. The average Bonchev–Trinajstić information content (AvgIpc) is 2.90. The first-order valence-corrected chi connectivity index (χ1v) is 16.8. The van der Waals surface area contributed by atoms with Crippen molar-refractivity contribution in [1.82, 2.24) is 10.2 Å². The monoisotopic (exact) mass is 645 g/mol. The van der Waals surface area contributed by atoms with Crippen LogP contribution in [0.4, 0.5) is 5.69 Å². The minimum atomic E-state index is -3.61. The molecule has 0 bridgehead atoms. The minimum absolute atomic E-state index is 0.00697. The second-order valence-corrected chi connectivity index (χ2v) is 14.6. The number of carbonyl (C=O) groups excluding carboxylic acids is 2. The van der Waals surface area contributed by atoms with E-state index >= 15 is 0 Å². The van der Waals surface area contributed by atoms with Gasteiger partial charge >= 0.3 is 0 Å². The zero-order chi connectivity index (χ0) is 31.9. The summed E-state index contributed by atoms with van der Waals surface area (Å²) in [6, 6.07) is 19.2. The molecule has 0 aliphatic heterocycles. The van der Waals surface area contributed by atoms with Crippen molar-refractivity contribution in [2.45, 2.75) is 72.0 Å². The van der Waals surface area contributed by atoms with Gasteiger partial charge in [0.05, 0.1) is 11.9 Å². The number of amides is 2. The molecule has 1 atom stereocenters. The van der Waals surface area contributed by atoms with Crippen molar-refractivity contribution in [2.24, 2.45) is 0 Å². The van der Waals surface area contributed by atoms with Crippen LogP contribution in [0.1, 0.15) is 55.9 Å². The smallest absolute Gasteiger partial charge is 0.243 e. The van der Waals surface area contributed by atoms with E-state index in [1.807, 2.05) is 77.1 Å². The summed E-state index contributed by atoms with van der Waals surface area (Å²) in [4.78, 5) is 29.3. The van der Waals surface area contributed by atoms with Crippen molar-refractivity contribution in [2.75, 3.05) is 17.1 Å². The molecule has 0 aliphatic carbocycles. The number of halogens is 2. The normalized spacial score (nSPS) is 12.5. The summed E-state index contributed by atoms with van der Waals surface area (Å²) in [5, 5.41) is 3.80. The molecular weight excluding hydrogens is 605 g/mol. The van der Waals surface area contributed by atoms with E-state index in [2.05, 4.69) is 5.32 Å². The van der Waals surface area contributed by atoms with Crippen LogP contribution >= 0.6 is 23.2 Å². The van der Waals surface area contributed by atoms with Crippen molar-refractivity contribution in [3.8, 4) is 0 Å². The molecule has 0 unspecified atom stereocenters. The Kier molecular flexibility index (Phi) is 11.7. The zero-order valence-corrected chi connectivity index (χ0v) is 28.0. The Morgan fingerprint density at radius 3 is 2.09 bits per heavy atom. The highest BCUT2D eigenvalue weighted by Gasteiger charge is 2.33. The van der Waals surface area contributed by atoms with Crippen molar-refractivity contribution in [1.29, 1.82) is 0 Å². The van der Waals surface area contributed by atoms with Crippen LogP contribution in [-0.4, -0.2) is 49.5 Å². The maximum Gasteiger partial charge on any atom is 0.243 e. The molecule has 1 N–H and O–H groups in total. The number of nitrogens with one attached hydrogen (secondary N) is 1. The molecule has 43 heavy (non-hydrogen) atoms. The first kappa shape index (κ1) is 34.4. The first-order chi connectivity index (χ1) is 20.1. The molecular formula is C33H41Cl2N3O4S. The van der Waals surface area contributed by atoms with Crippen LogP contribution in [-0.2, 0) is 32.6 Å². The molecule has 0 heterocycles. The standard InChI is InChI=1S/C33H41Cl2N3O4S/c1-23-17-18-26(20-24(23)2)38(43(6,41)42)19-11-16-31(39)37(22-27-28(34)14-10-15-29(27)35)30(32(40)36-33(3,4)5)21-25-12-8-7-9-13-25/h7-10,12-15,17-18,20,30H,11,16,19,21-22H2,1-6H3,(H,36,40)/t30-/m0/s1. The highest BCUT2D eigenvalue weighted by atomic mass is 35.5. The van der Waals surface area contributed by atoms with Gasteiger partial charge < -0.3 is 10.2 Å². The topological polar surface area (TPSA) is 86.8 Å². The number of benzene rings is 3. The Hall–Kier alpha value is -3.07. The Labute approximate surface area is 266 Å². The lowest BCUT2D eigenvalue weighted by molar-refractivity contribution is -0.142. The van der Waals surface area contributed by atoms with Gasteiger partial charge in [-0.3, -0.25) is 13.9 Å². The van der Waals surface area contributed by atoms with Gasteiger partial charge in [0.2, 0.25) is 21.8 Å². The number of anilines is 1. The van der Waals surface area contributed by atoms with E-state index in [0.717, 1.165) is 22.9 Å². The van der Waals surface area contributed by atoms with Gasteiger partial charge in [-0.1, -0.05) is 65.7 Å². The van der Waals surface area contributed by atoms with Gasteiger partial charge in [0.15, 0.2) is 0 Å². The van der Waals surface area contributed by atoms with Crippen molar-refractivity contribution >= 4 is 50.7 Å². The summed E-state index contributed by atoms with van der Waals surface area (Å²) in [7, 11) is -3.61. The third-order valence-electron chi connectivity index (χ3n) is 7.09. The molecule has 0 aliphatic rings. The van der Waals surface area contributed by atoms with Gasteiger partial charge in [0.25, 0.3) is 0 Å². The van der Waals surface area contributed by atoms with Crippen molar-refractivity contribution < 1.29 is 18.0 Å². The maximum absolute atomic E-state index is 14.0. The predicted molar refractivity (Wildman–Crippen MR) is 176 cm³/mol. The molecule has 0 saturated heterocycles. The van der Waals surface area contributed by atoms with E-state index < -0.39 is 21.6 Å². The van der Waals surface area contributed by atoms with E-state index in [-0.39, 0.29) is 44.2 Å². The molecule has 0 saturated carbocycles. The second-order valence-electron chi connectivity index (χ2n) is 11.9. The van der Waals surface area contributed by atoms with Gasteiger partial charge in [-0.25, -0.2) is 8.42 Å². The Morgan fingerprint density at radius 1 is 0.907 bits per heavy atom. The summed E-state index contributed by atoms with van der Waals surface area (Å²) in [6.45, 7) is 9.65. The molecule has 3 aromatic rings. The molecule has 3 rings (SSSR count). The van der Waals surface area contributed by atoms with Gasteiger partial charge in [-0.2, -0.15) is 0 Å². The zero-order valence-electron chi connectivity index (χ0n) is 25.7. The van der Waals surface area contributed by atoms with Gasteiger partial charge in [0.1, 0.15) is 6.04 Å². The summed E-state index contributed by atoms with van der Waals surface area (Å²) in [5.74, 6) is -0.615. The lowest BCUT2D eigenvalue weighted by atomic mass is 10.00. The molecule has 10 heteroatoms. The number of hydrogen-bond donors (Lipinski definition) is 1. The summed E-state index contributed by atoms with van der Waals surface area (Å²) in [5.41, 5.74) is 3.46. The Morgan fingerprint density at radius 2 is 1.53 bits per heavy atom. The van der Waals surface area contributed by atoms with E-state index in [1.54, 1.807) is 24.3 Å². The second kappa shape index (κ2) is 14.6. The fraction of sp³-hybridized carbons (Fsp3) is 0.394. The third-order valence-corrected chi connectivity index (χ3v) is 8.99. The minimum Gasteiger partial charge on any atom is -0.350 e. The van der Waals surface area contributed by atoms with Crippen LogP contribution in [0.3, 0.4) is 0 Å². The first-order valence-electron chi connectivity index (χ1n) is 14.2. The average molecular weight is 647 g/mol. The van der Waals surface area contributed by atoms with Crippen LogP contribution in [0, 0.1) is 13.8 Å². The molecule has 2 amide bonds. The van der Waals surface area contributed by atoms with E-state index in [9.17, 15) is 18.0 Å². The highest BCUT2D eigenvalue weighted by molar-refractivity contribution is 7.92. The Balaban J connectivity index is 1.95. The summed E-state index contributed by atoms with van der Waals surface area (Å²) >= 11 is 13.0. The molecule has 232 valence electrons. The number of hydrogen-bond acceptors (Lipinski definition) is 4. The highest BCUT2D eigenvalue weighted by Crippen LogP contribution is 2.28. The largest absolute Gasteiger partial charge is 0.350 e. The van der Waals surface area contributed by atoms with Crippen LogP contribution in [0.5, 0.6) is 0 Å². The molecule has 0 aromatic heterocycles. The summed E-state index contributed by atoms with van der Waals surface area (Å²) in [6.07, 6.45) is 1.68. The molecule has 0 fully saturated rings. The van der Waals surface area contributed by atoms with Crippen LogP contribution in [0.25, 0.3) is 0 Å². The van der Waals surface area contributed by atoms with Crippen molar-refractivity contribution in [3.05, 3.63) is 99.0 Å². The van der Waals surface area contributed by atoms with Gasteiger partial charge in [0, 0.05) is 47.1 Å². The third kappa shape index (κ3) is 9.98. The van der Waals surface area contributed by atoms with Crippen LogP contribution < -0.4 is 9.62 Å². The lowest BCUT2D eigenvalue weighted by Gasteiger charge is -2.34.